The molecule has 0 aromatic rings. The summed E-state index contributed by atoms with van der Waals surface area (Å²) in [6.45, 7) is 13.5. The summed E-state index contributed by atoms with van der Waals surface area (Å²) in [6.07, 6.45) is 10.6. The monoisotopic (exact) mass is 429 g/mol. The molecule has 3 fully saturated rings. The van der Waals surface area contributed by atoms with Crippen LogP contribution in [0.1, 0.15) is 92.9 Å². The number of fused-ring (bicyclic) bond motifs is 5. The molecule has 4 nitrogen and oxygen atoms in total. The summed E-state index contributed by atoms with van der Waals surface area (Å²) in [5, 5.41) is 9.50. The van der Waals surface area contributed by atoms with Crippen molar-refractivity contribution in [1.82, 2.24) is 4.90 Å². The average molecular weight is 430 g/mol. The molecule has 0 bridgehead atoms. The topological polar surface area (TPSA) is 57.6 Å². The number of carboxylic acid groups (broad SMARTS) is 1. The lowest BCUT2D eigenvalue weighted by atomic mass is 9.45. The SMILES string of the molecule is CC(C)N(C(=O)[C@H]1CC[C@H]2[C@@H]3CCC4CC(C(=O)O)=CC[C@]4(C)[C@H]3CC[C@]12C)C(C)C. The molecular weight excluding hydrogens is 386 g/mol. The first-order chi connectivity index (χ1) is 14.5. The second kappa shape index (κ2) is 7.92. The Balaban J connectivity index is 1.57. The number of nitrogens with zero attached hydrogens (tertiary/aromatic N) is 1. The molecule has 174 valence electrons. The van der Waals surface area contributed by atoms with Crippen LogP contribution in [0.3, 0.4) is 0 Å². The van der Waals surface area contributed by atoms with Crippen LogP contribution in [-0.2, 0) is 9.59 Å². The first kappa shape index (κ1) is 22.9. The number of carbonyl (C=O) groups excluding carboxylic acids is 1. The van der Waals surface area contributed by atoms with E-state index in [2.05, 4.69) is 46.4 Å². The maximum Gasteiger partial charge on any atom is 0.331 e. The maximum atomic E-state index is 13.7. The summed E-state index contributed by atoms with van der Waals surface area (Å²) in [4.78, 5) is 27.4. The van der Waals surface area contributed by atoms with Crippen molar-refractivity contribution in [3.05, 3.63) is 11.6 Å². The molecule has 0 spiro atoms. The molecule has 0 heterocycles. The average Bonchev–Trinajstić information content (AvgIpc) is 3.03. The standard InChI is InChI=1S/C27H43NO3/c1-16(2)28(17(3)4)24(29)23-10-9-21-20-8-7-19-15-18(25(30)31)11-13-26(19,5)22(20)12-14-27(21,23)6/h11,16-17,19-23H,7-10,12-15H2,1-6H3,(H,30,31)/t19?,20-,21-,22-,23+,26-,27-/m0/s1. The predicted molar refractivity (Wildman–Crippen MR) is 123 cm³/mol. The van der Waals surface area contributed by atoms with Crippen molar-refractivity contribution in [3.8, 4) is 0 Å². The molecule has 1 N–H and O–H groups in total. The van der Waals surface area contributed by atoms with E-state index in [-0.39, 0.29) is 28.8 Å². The Morgan fingerprint density at radius 2 is 1.61 bits per heavy atom. The molecular formula is C27H43NO3. The summed E-state index contributed by atoms with van der Waals surface area (Å²) in [7, 11) is 0. The van der Waals surface area contributed by atoms with Gasteiger partial charge in [0.1, 0.15) is 0 Å². The number of hydrogen-bond acceptors (Lipinski definition) is 2. The summed E-state index contributed by atoms with van der Waals surface area (Å²) < 4.78 is 0. The lowest BCUT2D eigenvalue weighted by molar-refractivity contribution is -0.148. The zero-order valence-corrected chi connectivity index (χ0v) is 20.5. The Morgan fingerprint density at radius 3 is 2.23 bits per heavy atom. The minimum absolute atomic E-state index is 0.125. The van der Waals surface area contributed by atoms with Gasteiger partial charge in [-0.1, -0.05) is 19.9 Å². The van der Waals surface area contributed by atoms with Gasteiger partial charge in [-0.2, -0.15) is 0 Å². The molecule has 0 saturated heterocycles. The molecule has 4 aliphatic rings. The zero-order chi connectivity index (χ0) is 22.7. The Kier molecular flexibility index (Phi) is 5.84. The van der Waals surface area contributed by atoms with Crippen LogP contribution in [0.15, 0.2) is 11.6 Å². The summed E-state index contributed by atoms with van der Waals surface area (Å²) in [5.41, 5.74) is 0.989. The molecule has 0 aromatic heterocycles. The number of amides is 1. The van der Waals surface area contributed by atoms with Gasteiger partial charge < -0.3 is 10.0 Å². The summed E-state index contributed by atoms with van der Waals surface area (Å²) in [5.74, 6) is 2.35. The van der Waals surface area contributed by atoms with Crippen molar-refractivity contribution in [1.29, 1.82) is 0 Å². The third-order valence-corrected chi connectivity index (χ3v) is 10.3. The van der Waals surface area contributed by atoms with Gasteiger partial charge in [0.2, 0.25) is 5.91 Å². The van der Waals surface area contributed by atoms with Gasteiger partial charge in [0.15, 0.2) is 0 Å². The van der Waals surface area contributed by atoms with E-state index in [1.54, 1.807) is 0 Å². The van der Waals surface area contributed by atoms with Crippen LogP contribution >= 0.6 is 0 Å². The molecule has 31 heavy (non-hydrogen) atoms. The van der Waals surface area contributed by atoms with Gasteiger partial charge in [-0.25, -0.2) is 4.79 Å². The van der Waals surface area contributed by atoms with Gasteiger partial charge in [-0.3, -0.25) is 4.79 Å². The van der Waals surface area contributed by atoms with E-state index in [0.29, 0.717) is 35.2 Å². The fourth-order valence-electron chi connectivity index (χ4n) is 8.75. The highest BCUT2D eigenvalue weighted by atomic mass is 16.4. The smallest absolute Gasteiger partial charge is 0.331 e. The van der Waals surface area contributed by atoms with Crippen LogP contribution in [0.25, 0.3) is 0 Å². The van der Waals surface area contributed by atoms with Crippen molar-refractivity contribution in [2.75, 3.05) is 0 Å². The fourth-order valence-corrected chi connectivity index (χ4v) is 8.75. The Labute approximate surface area is 188 Å². The highest BCUT2D eigenvalue weighted by Crippen LogP contribution is 2.67. The second-order valence-electron chi connectivity index (χ2n) is 12.2. The zero-order valence-electron chi connectivity index (χ0n) is 20.5. The van der Waals surface area contributed by atoms with Crippen molar-refractivity contribution in [2.45, 2.75) is 105 Å². The van der Waals surface area contributed by atoms with Crippen LogP contribution in [0, 0.1) is 40.4 Å². The third-order valence-electron chi connectivity index (χ3n) is 10.3. The normalized spacial score (nSPS) is 41.9. The van der Waals surface area contributed by atoms with E-state index >= 15 is 0 Å². The van der Waals surface area contributed by atoms with E-state index in [9.17, 15) is 14.7 Å². The molecule has 4 aliphatic carbocycles. The van der Waals surface area contributed by atoms with Gasteiger partial charge >= 0.3 is 5.97 Å². The Hall–Kier alpha value is -1.32. The Bertz CT molecular complexity index is 762. The van der Waals surface area contributed by atoms with Gasteiger partial charge in [0.05, 0.1) is 0 Å². The van der Waals surface area contributed by atoms with E-state index in [1.165, 1.54) is 19.3 Å². The number of rotatable bonds is 4. The quantitative estimate of drug-likeness (QED) is 0.604. The van der Waals surface area contributed by atoms with Crippen LogP contribution in [0.5, 0.6) is 0 Å². The van der Waals surface area contributed by atoms with Crippen molar-refractivity contribution >= 4 is 11.9 Å². The Morgan fingerprint density at radius 1 is 0.968 bits per heavy atom. The van der Waals surface area contributed by atoms with Crippen LogP contribution < -0.4 is 0 Å². The predicted octanol–water partition coefficient (Wildman–Crippen LogP) is 5.91. The summed E-state index contributed by atoms with van der Waals surface area (Å²) in [6, 6.07) is 0.497. The second-order valence-corrected chi connectivity index (χ2v) is 12.2. The number of carbonyl (C=O) groups is 2. The lowest BCUT2D eigenvalue weighted by Gasteiger charge is -2.60. The number of allylic oxidation sites excluding steroid dienone is 1. The molecule has 0 radical (unpaired) electrons. The van der Waals surface area contributed by atoms with E-state index < -0.39 is 5.97 Å². The van der Waals surface area contributed by atoms with Crippen LogP contribution in [-0.4, -0.2) is 34.0 Å². The van der Waals surface area contributed by atoms with Gasteiger partial charge in [0, 0.05) is 23.6 Å². The number of aliphatic carboxylic acids is 1. The highest BCUT2D eigenvalue weighted by molar-refractivity contribution is 5.86. The highest BCUT2D eigenvalue weighted by Gasteiger charge is 2.61. The molecule has 0 aromatic carbocycles. The number of carboxylic acids is 1. The summed E-state index contributed by atoms with van der Waals surface area (Å²) >= 11 is 0. The third kappa shape index (κ3) is 3.47. The lowest BCUT2D eigenvalue weighted by Crippen LogP contribution is -2.54. The fraction of sp³-hybridized carbons (Fsp3) is 0.852. The van der Waals surface area contributed by atoms with Gasteiger partial charge in [0.25, 0.3) is 0 Å². The van der Waals surface area contributed by atoms with Gasteiger partial charge in [-0.15, -0.1) is 0 Å². The first-order valence-electron chi connectivity index (χ1n) is 12.7. The molecule has 4 rings (SSSR count). The first-order valence-corrected chi connectivity index (χ1v) is 12.7. The van der Waals surface area contributed by atoms with E-state index in [1.807, 2.05) is 6.08 Å². The van der Waals surface area contributed by atoms with Crippen LogP contribution in [0.2, 0.25) is 0 Å². The largest absolute Gasteiger partial charge is 0.478 e. The minimum atomic E-state index is -0.725. The van der Waals surface area contributed by atoms with Crippen molar-refractivity contribution in [2.24, 2.45) is 40.4 Å². The molecule has 3 saturated carbocycles. The molecule has 1 amide bonds. The maximum absolute atomic E-state index is 13.7. The molecule has 7 atom stereocenters. The van der Waals surface area contributed by atoms with Crippen molar-refractivity contribution in [3.63, 3.8) is 0 Å². The molecule has 0 aliphatic heterocycles. The minimum Gasteiger partial charge on any atom is -0.478 e. The molecule has 4 heteroatoms. The molecule has 1 unspecified atom stereocenters. The van der Waals surface area contributed by atoms with E-state index in [4.69, 9.17) is 0 Å². The van der Waals surface area contributed by atoms with Crippen LogP contribution in [0.4, 0.5) is 0 Å². The van der Waals surface area contributed by atoms with E-state index in [0.717, 1.165) is 32.1 Å². The number of hydrogen-bond donors (Lipinski definition) is 1. The van der Waals surface area contributed by atoms with Gasteiger partial charge in [-0.05, 0) is 114 Å². The van der Waals surface area contributed by atoms with Crippen molar-refractivity contribution < 1.29 is 14.7 Å².